The molecule has 0 aromatic heterocycles. The van der Waals surface area contributed by atoms with Gasteiger partial charge in [-0.15, -0.1) is 23.2 Å². The van der Waals surface area contributed by atoms with Crippen LogP contribution in [0.1, 0.15) is 25.7 Å². The Bertz CT molecular complexity index is 467. The molecule has 0 spiro atoms. The highest BCUT2D eigenvalue weighted by Crippen LogP contribution is 2.77. The molecule has 3 aliphatic carbocycles. The summed E-state index contributed by atoms with van der Waals surface area (Å²) in [6.07, 6.45) is 3.60. The molecule has 120 valence electrons. The topological polar surface area (TPSA) is 0 Å². The van der Waals surface area contributed by atoms with Crippen molar-refractivity contribution in [1.29, 1.82) is 0 Å². The molecule has 0 aromatic carbocycles. The summed E-state index contributed by atoms with van der Waals surface area (Å²) in [6.45, 7) is 0. The maximum atomic E-state index is 6.86. The second-order valence-corrected chi connectivity index (χ2v) is 11.7. The lowest BCUT2D eigenvalue weighted by molar-refractivity contribution is 0.264. The second-order valence-electron chi connectivity index (χ2n) is 6.03. The van der Waals surface area contributed by atoms with Gasteiger partial charge < -0.3 is 0 Å². The van der Waals surface area contributed by atoms with Crippen molar-refractivity contribution in [2.24, 2.45) is 11.8 Å². The Morgan fingerprint density at radius 2 is 1.05 bits per heavy atom. The summed E-state index contributed by atoms with van der Waals surface area (Å²) in [5.74, 6) is 0.0310. The number of rotatable bonds is 0. The van der Waals surface area contributed by atoms with Gasteiger partial charge in [-0.25, -0.2) is 0 Å². The summed E-state index contributed by atoms with van der Waals surface area (Å²) >= 11 is 47.2. The Hall–Kier alpha value is 2.44. The van der Waals surface area contributed by atoms with Gasteiger partial charge in [-0.05, 0) is 37.5 Å². The lowest BCUT2D eigenvalue weighted by atomic mass is 9.75. The molecule has 3 rings (SSSR count). The minimum absolute atomic E-state index is 0.0155. The van der Waals surface area contributed by atoms with E-state index in [1.165, 1.54) is 0 Å². The van der Waals surface area contributed by atoms with Crippen LogP contribution in [0.15, 0.2) is 10.1 Å². The molecule has 2 saturated carbocycles. The Labute approximate surface area is 171 Å². The summed E-state index contributed by atoms with van der Waals surface area (Å²) in [4.78, 5) is -1.45. The quantitative estimate of drug-likeness (QED) is 0.286. The summed E-state index contributed by atoms with van der Waals surface area (Å²) in [5.41, 5.74) is 0. The fraction of sp³-hybridized carbons (Fsp3) is 0.846. The molecule has 0 radical (unpaired) electrons. The highest BCUT2D eigenvalue weighted by atomic mass is 79.9. The van der Waals surface area contributed by atoms with Crippen molar-refractivity contribution in [2.45, 2.75) is 49.4 Å². The molecule has 0 aliphatic heterocycles. The predicted molar refractivity (Wildman–Crippen MR) is 101 cm³/mol. The minimum Gasteiger partial charge on any atom is -0.109 e. The van der Waals surface area contributed by atoms with Crippen molar-refractivity contribution in [3.05, 3.63) is 10.1 Å². The van der Waals surface area contributed by atoms with Gasteiger partial charge in [0.05, 0.1) is 10.1 Å². The van der Waals surface area contributed by atoms with Gasteiger partial charge in [-0.3, -0.25) is 0 Å². The molecular formula is C13H12Br2Cl6. The van der Waals surface area contributed by atoms with Gasteiger partial charge in [-0.2, -0.15) is 0 Å². The van der Waals surface area contributed by atoms with Crippen molar-refractivity contribution in [3.63, 3.8) is 0 Å². The standard InChI is InChI=1S/C13H12Br2Cl6/c14-7-3-1-5-6(2-4-8(7)15)12(19)10(17)9(16)11(5,18)13(12,20)21/h5-8H,1-4H2/t5-,6+,7-,8-,11-,12-/m1/s1. The molecule has 0 saturated heterocycles. The summed E-state index contributed by atoms with van der Waals surface area (Å²) < 4.78 is -1.40. The average Bonchev–Trinajstić information content (AvgIpc) is 2.61. The summed E-state index contributed by atoms with van der Waals surface area (Å²) in [5, 5.41) is 0.628. The molecule has 0 N–H and O–H groups in total. The zero-order chi connectivity index (χ0) is 15.8. The van der Waals surface area contributed by atoms with Crippen LogP contribution in [-0.2, 0) is 0 Å². The number of allylic oxidation sites excluding steroid dienone is 2. The Morgan fingerprint density at radius 1 is 0.714 bits per heavy atom. The molecular weight excluding hydrogens is 529 g/mol. The SMILES string of the molecule is ClC1=C(Cl)[C@]2(Cl)[C@H]3CC[C@@H](Br)[C@H](Br)CC[C@H]3[C@]1(Cl)C2(Cl)Cl. The van der Waals surface area contributed by atoms with E-state index in [0.29, 0.717) is 19.7 Å². The van der Waals surface area contributed by atoms with Gasteiger partial charge in [0.25, 0.3) is 0 Å². The number of alkyl halides is 6. The van der Waals surface area contributed by atoms with Gasteiger partial charge in [0, 0.05) is 9.65 Å². The van der Waals surface area contributed by atoms with E-state index in [1.54, 1.807) is 0 Å². The molecule has 21 heavy (non-hydrogen) atoms. The highest BCUT2D eigenvalue weighted by molar-refractivity contribution is 9.12. The lowest BCUT2D eigenvalue weighted by Gasteiger charge is -2.39. The van der Waals surface area contributed by atoms with Crippen LogP contribution in [0.3, 0.4) is 0 Å². The monoisotopic (exact) mass is 536 g/mol. The zero-order valence-electron chi connectivity index (χ0n) is 10.7. The van der Waals surface area contributed by atoms with E-state index in [0.717, 1.165) is 25.7 Å². The Kier molecular flexibility index (Phi) is 4.97. The smallest absolute Gasteiger partial charge is 0.109 e. The molecule has 2 bridgehead atoms. The molecule has 2 fully saturated rings. The van der Waals surface area contributed by atoms with Gasteiger partial charge in [0.1, 0.15) is 9.75 Å². The van der Waals surface area contributed by atoms with Crippen molar-refractivity contribution in [2.75, 3.05) is 0 Å². The van der Waals surface area contributed by atoms with Crippen LogP contribution >= 0.6 is 101 Å². The van der Waals surface area contributed by atoms with Crippen LogP contribution in [0.2, 0.25) is 0 Å². The van der Waals surface area contributed by atoms with Crippen LogP contribution in [0.25, 0.3) is 0 Å². The third kappa shape index (κ3) is 2.12. The van der Waals surface area contributed by atoms with E-state index in [-0.39, 0.29) is 11.8 Å². The third-order valence-corrected chi connectivity index (χ3v) is 12.4. The second kappa shape index (κ2) is 5.73. The first-order valence-corrected chi connectivity index (χ1v) is 10.8. The van der Waals surface area contributed by atoms with Crippen LogP contribution < -0.4 is 0 Å². The van der Waals surface area contributed by atoms with Crippen LogP contribution in [0.4, 0.5) is 0 Å². The van der Waals surface area contributed by atoms with Gasteiger partial charge in [0.2, 0.25) is 0 Å². The van der Waals surface area contributed by atoms with E-state index in [2.05, 4.69) is 31.9 Å². The molecule has 0 heterocycles. The molecule has 3 aliphatic rings. The maximum Gasteiger partial charge on any atom is 0.166 e. The van der Waals surface area contributed by atoms with E-state index < -0.39 is 14.1 Å². The Morgan fingerprint density at radius 3 is 1.38 bits per heavy atom. The first-order chi connectivity index (χ1) is 9.60. The van der Waals surface area contributed by atoms with E-state index in [9.17, 15) is 0 Å². The minimum atomic E-state index is -1.40. The first kappa shape index (κ1) is 18.2. The van der Waals surface area contributed by atoms with Crippen LogP contribution in [-0.4, -0.2) is 23.7 Å². The van der Waals surface area contributed by atoms with E-state index >= 15 is 0 Å². The van der Waals surface area contributed by atoms with Gasteiger partial charge in [-0.1, -0.05) is 78.3 Å². The molecule has 0 aromatic rings. The number of fused-ring (bicyclic) bond motifs is 5. The third-order valence-electron chi connectivity index (χ3n) is 5.15. The lowest BCUT2D eigenvalue weighted by Crippen LogP contribution is -2.44. The van der Waals surface area contributed by atoms with Crippen molar-refractivity contribution in [1.82, 2.24) is 0 Å². The fourth-order valence-electron chi connectivity index (χ4n) is 4.04. The molecule has 0 nitrogen and oxygen atoms in total. The van der Waals surface area contributed by atoms with E-state index in [4.69, 9.17) is 69.6 Å². The number of halogens is 8. The molecule has 0 unspecified atom stereocenters. The average molecular weight is 541 g/mol. The largest absolute Gasteiger partial charge is 0.166 e. The highest BCUT2D eigenvalue weighted by Gasteiger charge is 2.81. The van der Waals surface area contributed by atoms with E-state index in [1.807, 2.05) is 0 Å². The van der Waals surface area contributed by atoms with Gasteiger partial charge in [0.15, 0.2) is 4.33 Å². The number of hydrogen-bond donors (Lipinski definition) is 0. The number of hydrogen-bond acceptors (Lipinski definition) is 0. The molecule has 8 heteroatoms. The van der Waals surface area contributed by atoms with Crippen LogP contribution in [0.5, 0.6) is 0 Å². The van der Waals surface area contributed by atoms with Gasteiger partial charge >= 0.3 is 0 Å². The first-order valence-electron chi connectivity index (χ1n) is 6.70. The summed E-state index contributed by atoms with van der Waals surface area (Å²) in [6, 6.07) is 0. The van der Waals surface area contributed by atoms with Crippen molar-refractivity contribution in [3.8, 4) is 0 Å². The molecule has 6 atom stereocenters. The van der Waals surface area contributed by atoms with Crippen molar-refractivity contribution < 1.29 is 0 Å². The van der Waals surface area contributed by atoms with Crippen molar-refractivity contribution >= 4 is 101 Å². The van der Waals surface area contributed by atoms with Crippen LogP contribution in [0, 0.1) is 11.8 Å². The molecule has 0 amide bonds. The summed E-state index contributed by atoms with van der Waals surface area (Å²) in [7, 11) is 0. The predicted octanol–water partition coefficient (Wildman–Crippen LogP) is 7.17. The maximum absolute atomic E-state index is 6.86. The Balaban J connectivity index is 2.10. The fourth-order valence-corrected chi connectivity index (χ4v) is 8.25. The normalized spacial score (nSPS) is 52.6. The zero-order valence-corrected chi connectivity index (χ0v) is 18.4.